The lowest BCUT2D eigenvalue weighted by Gasteiger charge is -2.14. The van der Waals surface area contributed by atoms with Crippen molar-refractivity contribution in [1.82, 2.24) is 34.2 Å². The molecule has 0 amide bonds. The standard InChI is InChI=1S/C28H29N5O2.C23H25ClN4O2/c1-18-13-21(6-7-23(18)27(34)14-19-4-5-19)26-17-31-28-25(30-16-22-3-2-12-35-22)15-24(32-33(26)28)20-8-10-29-11-9-20;1-14-9-16(6-7-18(14)21(29)10-15-4-5-15)20-13-26-23-19(11-22(24)27-28(20)23)25-12-17-3-2-8-30-17/h6-11,13,15,17,19,22,30H,2-5,12,14,16H2,1H3;6-7,9,11,13,15,17,25H,2-5,8,10,12H2,1H3/t22-;17-/m11/s1. The molecule has 0 spiro atoms. The first kappa shape index (κ1) is 42.9. The Morgan fingerprint density at radius 2 is 1.15 bits per heavy atom. The van der Waals surface area contributed by atoms with Crippen molar-refractivity contribution in [3.05, 3.63) is 113 Å². The summed E-state index contributed by atoms with van der Waals surface area (Å²) in [6, 6.07) is 19.7. The van der Waals surface area contributed by atoms with Gasteiger partial charge in [0.15, 0.2) is 28.0 Å². The van der Waals surface area contributed by atoms with Crippen molar-refractivity contribution in [2.75, 3.05) is 36.9 Å². The van der Waals surface area contributed by atoms with Crippen molar-refractivity contribution in [2.45, 2.75) is 90.3 Å². The predicted octanol–water partition coefficient (Wildman–Crippen LogP) is 10.3. The van der Waals surface area contributed by atoms with E-state index in [2.05, 4.69) is 31.8 Å². The fourth-order valence-electron chi connectivity index (χ4n) is 8.94. The summed E-state index contributed by atoms with van der Waals surface area (Å²) in [7, 11) is 0. The zero-order valence-corrected chi connectivity index (χ0v) is 37.7. The van der Waals surface area contributed by atoms with E-state index in [4.69, 9.17) is 31.2 Å². The van der Waals surface area contributed by atoms with Gasteiger partial charge >= 0.3 is 0 Å². The Hall–Kier alpha value is -6.02. The Kier molecular flexibility index (Phi) is 12.4. The molecular formula is C51H54ClN9O4. The molecule has 65 heavy (non-hydrogen) atoms. The number of fused-ring (bicyclic) bond motifs is 2. The number of aromatic nitrogens is 7. The fraction of sp³-hybridized carbons (Fsp3) is 0.392. The van der Waals surface area contributed by atoms with E-state index in [9.17, 15) is 9.59 Å². The molecule has 11 rings (SSSR count). The normalized spacial score (nSPS) is 18.2. The lowest BCUT2D eigenvalue weighted by Crippen LogP contribution is -2.19. The number of ether oxygens (including phenoxy) is 2. The van der Waals surface area contributed by atoms with Gasteiger partial charge in [-0.25, -0.2) is 19.0 Å². The monoisotopic (exact) mass is 891 g/mol. The number of anilines is 2. The van der Waals surface area contributed by atoms with E-state index in [1.807, 2.05) is 73.1 Å². The maximum absolute atomic E-state index is 12.7. The second-order valence-corrected chi connectivity index (χ2v) is 18.4. The van der Waals surface area contributed by atoms with Crippen LogP contribution >= 0.6 is 11.6 Å². The second-order valence-electron chi connectivity index (χ2n) is 18.1. The van der Waals surface area contributed by atoms with Crippen LogP contribution in [0.2, 0.25) is 5.15 Å². The molecule has 7 aromatic rings. The first-order valence-corrected chi connectivity index (χ1v) is 23.4. The number of pyridine rings is 1. The summed E-state index contributed by atoms with van der Waals surface area (Å²) in [6.07, 6.45) is 18.0. The van der Waals surface area contributed by atoms with Gasteiger partial charge in [-0.15, -0.1) is 0 Å². The Bertz CT molecular complexity index is 2860. The zero-order chi connectivity index (χ0) is 44.4. The topological polar surface area (TPSA) is 150 Å². The van der Waals surface area contributed by atoms with Crippen LogP contribution in [0, 0.1) is 25.7 Å². The van der Waals surface area contributed by atoms with Crippen LogP contribution in [0.1, 0.15) is 96.1 Å². The number of rotatable bonds is 15. The Morgan fingerprint density at radius 1 is 0.646 bits per heavy atom. The van der Waals surface area contributed by atoms with Crippen molar-refractivity contribution >= 4 is 45.8 Å². The molecule has 2 aliphatic carbocycles. The van der Waals surface area contributed by atoms with Gasteiger partial charge in [0, 0.05) is 85.4 Å². The smallest absolute Gasteiger partial charge is 0.177 e. The van der Waals surface area contributed by atoms with E-state index in [1.54, 1.807) is 29.2 Å². The average molecular weight is 893 g/mol. The highest BCUT2D eigenvalue weighted by Crippen LogP contribution is 2.36. The lowest BCUT2D eigenvalue weighted by atomic mass is 9.98. The molecule has 7 heterocycles. The molecule has 0 unspecified atom stereocenters. The number of hydrogen-bond donors (Lipinski definition) is 2. The number of hydrogen-bond acceptors (Lipinski definition) is 11. The minimum absolute atomic E-state index is 0.213. The largest absolute Gasteiger partial charge is 0.379 e. The average Bonchev–Trinajstić information content (AvgIpc) is 3.97. The van der Waals surface area contributed by atoms with Crippen molar-refractivity contribution in [3.8, 4) is 33.8 Å². The van der Waals surface area contributed by atoms with Crippen LogP contribution in [0.25, 0.3) is 45.1 Å². The summed E-state index contributed by atoms with van der Waals surface area (Å²) in [5, 5.41) is 16.8. The number of Topliss-reactive ketones (excluding diaryl/α,β-unsaturated/α-hetero) is 2. The highest BCUT2D eigenvalue weighted by molar-refractivity contribution is 6.29. The number of nitrogens with one attached hydrogen (secondary N) is 2. The summed E-state index contributed by atoms with van der Waals surface area (Å²) in [6.45, 7) is 7.10. The third kappa shape index (κ3) is 9.83. The number of nitrogens with zero attached hydrogens (tertiary/aromatic N) is 7. The van der Waals surface area contributed by atoms with Crippen LogP contribution < -0.4 is 10.6 Å². The third-order valence-electron chi connectivity index (χ3n) is 13.0. The van der Waals surface area contributed by atoms with Crippen LogP contribution in [0.4, 0.5) is 11.4 Å². The van der Waals surface area contributed by atoms with Crippen molar-refractivity contribution in [2.24, 2.45) is 11.8 Å². The molecule has 4 aliphatic rings. The van der Waals surface area contributed by atoms with Gasteiger partial charge in [-0.1, -0.05) is 35.9 Å². The van der Waals surface area contributed by atoms with Crippen LogP contribution in [0.5, 0.6) is 0 Å². The predicted molar refractivity (Wildman–Crippen MR) is 253 cm³/mol. The minimum atomic E-state index is 0.213. The zero-order valence-electron chi connectivity index (χ0n) is 36.9. The summed E-state index contributed by atoms with van der Waals surface area (Å²) in [4.78, 5) is 38.7. The molecule has 0 bridgehead atoms. The van der Waals surface area contributed by atoms with Crippen molar-refractivity contribution in [3.63, 3.8) is 0 Å². The second kappa shape index (κ2) is 18.8. The quantitative estimate of drug-likeness (QED) is 0.0947. The molecule has 13 nitrogen and oxygen atoms in total. The number of benzene rings is 2. The van der Waals surface area contributed by atoms with Gasteiger partial charge in [-0.2, -0.15) is 10.2 Å². The molecule has 2 N–H and O–H groups in total. The molecular weight excluding hydrogens is 838 g/mol. The minimum Gasteiger partial charge on any atom is -0.379 e. The van der Waals surface area contributed by atoms with Gasteiger partial charge in [-0.3, -0.25) is 14.6 Å². The van der Waals surface area contributed by atoms with Gasteiger partial charge in [0.25, 0.3) is 0 Å². The van der Waals surface area contributed by atoms with E-state index < -0.39 is 0 Å². The molecule has 14 heteroatoms. The molecule has 2 aliphatic heterocycles. The number of carbonyl (C=O) groups excluding carboxylic acids is 2. The number of aryl methyl sites for hydroxylation is 2. The fourth-order valence-corrected chi connectivity index (χ4v) is 9.13. The highest BCUT2D eigenvalue weighted by Gasteiger charge is 2.27. The summed E-state index contributed by atoms with van der Waals surface area (Å²) in [5.41, 5.74) is 12.3. The van der Waals surface area contributed by atoms with Gasteiger partial charge in [0.05, 0.1) is 53.1 Å². The molecule has 2 saturated carbocycles. The SMILES string of the molecule is Cc1cc(-c2cnc3c(NC[C@H]4CCCO4)cc(-c4ccncc4)nn23)ccc1C(=O)CC1CC1.Cc1cc(-c2cnc3c(NC[C@H]4CCCO4)cc(Cl)nn23)ccc1C(=O)CC1CC1. The summed E-state index contributed by atoms with van der Waals surface area (Å²) in [5.74, 6) is 1.65. The Balaban J connectivity index is 0.000000155. The Labute approximate surface area is 383 Å². The lowest BCUT2D eigenvalue weighted by molar-refractivity contribution is 0.0967. The Morgan fingerprint density at radius 3 is 1.63 bits per heavy atom. The van der Waals surface area contributed by atoms with E-state index in [0.29, 0.717) is 29.8 Å². The van der Waals surface area contributed by atoms with Crippen LogP contribution in [-0.2, 0) is 9.47 Å². The van der Waals surface area contributed by atoms with Crippen LogP contribution in [-0.4, -0.2) is 84.3 Å². The van der Waals surface area contributed by atoms with Crippen molar-refractivity contribution in [1.29, 1.82) is 0 Å². The molecule has 0 radical (unpaired) electrons. The van der Waals surface area contributed by atoms with E-state index >= 15 is 0 Å². The number of imidazole rings is 2. The first-order valence-electron chi connectivity index (χ1n) is 23.1. The molecule has 5 aromatic heterocycles. The summed E-state index contributed by atoms with van der Waals surface area (Å²) < 4.78 is 15.2. The third-order valence-corrected chi connectivity index (χ3v) is 13.1. The number of carbonyl (C=O) groups is 2. The van der Waals surface area contributed by atoms with Gasteiger partial charge in [0.1, 0.15) is 0 Å². The first-order chi connectivity index (χ1) is 31.7. The maximum Gasteiger partial charge on any atom is 0.177 e. The van der Waals surface area contributed by atoms with Gasteiger partial charge in [-0.05, 0) is 119 Å². The molecule has 4 fully saturated rings. The highest BCUT2D eigenvalue weighted by atomic mass is 35.5. The molecule has 2 saturated heterocycles. The van der Waals surface area contributed by atoms with Crippen molar-refractivity contribution < 1.29 is 19.1 Å². The molecule has 334 valence electrons. The van der Waals surface area contributed by atoms with E-state index in [1.165, 1.54) is 25.7 Å². The number of ketones is 2. The maximum atomic E-state index is 12.7. The molecule has 2 aromatic carbocycles. The number of halogens is 1. The molecule has 2 atom stereocenters. The van der Waals surface area contributed by atoms with Gasteiger partial charge in [0.2, 0.25) is 0 Å². The summed E-state index contributed by atoms with van der Waals surface area (Å²) >= 11 is 6.31. The van der Waals surface area contributed by atoms with Crippen LogP contribution in [0.3, 0.4) is 0 Å². The van der Waals surface area contributed by atoms with E-state index in [0.717, 1.165) is 131 Å². The van der Waals surface area contributed by atoms with Gasteiger partial charge < -0.3 is 20.1 Å². The van der Waals surface area contributed by atoms with E-state index in [-0.39, 0.29) is 23.8 Å². The van der Waals surface area contributed by atoms with Crippen LogP contribution in [0.15, 0.2) is 85.5 Å².